The summed E-state index contributed by atoms with van der Waals surface area (Å²) in [5.74, 6) is -0.398. The topological polar surface area (TPSA) is 52.6 Å². The molecule has 162 valence electrons. The highest BCUT2D eigenvalue weighted by Crippen LogP contribution is 2.42. The molecule has 28 heavy (non-hydrogen) atoms. The monoisotopic (exact) mass is 410 g/mol. The Morgan fingerprint density at radius 3 is 1.89 bits per heavy atom. The average molecular weight is 411 g/mol. The second-order valence-corrected chi connectivity index (χ2v) is 13.9. The van der Waals surface area contributed by atoms with Gasteiger partial charge in [-0.15, -0.1) is 0 Å². The van der Waals surface area contributed by atoms with Crippen LogP contribution in [0.4, 0.5) is 0 Å². The lowest BCUT2D eigenvalue weighted by atomic mass is 10.0. The van der Waals surface area contributed by atoms with Crippen molar-refractivity contribution in [3.8, 4) is 0 Å². The maximum absolute atomic E-state index is 11.8. The van der Waals surface area contributed by atoms with Crippen molar-refractivity contribution >= 4 is 20.1 Å². The molecule has 0 bridgehead atoms. The van der Waals surface area contributed by atoms with Crippen LogP contribution < -0.4 is 0 Å². The van der Waals surface area contributed by atoms with E-state index in [9.17, 15) is 9.59 Å². The second kappa shape index (κ2) is 13.1. The largest absolute Gasteiger partial charge is 0.466 e. The molecule has 4 nitrogen and oxygen atoms in total. The van der Waals surface area contributed by atoms with Crippen molar-refractivity contribution in [1.82, 2.24) is 0 Å². The summed E-state index contributed by atoms with van der Waals surface area (Å²) in [4.78, 5) is 23.2. The van der Waals surface area contributed by atoms with Gasteiger partial charge in [0.15, 0.2) is 14.1 Å². The number of ketones is 1. The third kappa shape index (κ3) is 8.44. The number of esters is 1. The van der Waals surface area contributed by atoms with Crippen molar-refractivity contribution in [3.05, 3.63) is 23.8 Å². The highest BCUT2D eigenvalue weighted by Gasteiger charge is 2.45. The van der Waals surface area contributed by atoms with E-state index in [1.807, 2.05) is 6.92 Å². The first-order chi connectivity index (χ1) is 13.0. The normalized spacial score (nSPS) is 14.4. The van der Waals surface area contributed by atoms with Crippen LogP contribution in [0.5, 0.6) is 0 Å². The summed E-state index contributed by atoms with van der Waals surface area (Å²) in [5, 5.41) is 0. The van der Waals surface area contributed by atoms with Crippen molar-refractivity contribution in [2.24, 2.45) is 5.92 Å². The summed E-state index contributed by atoms with van der Waals surface area (Å²) in [6.45, 7) is 20.7. The Bertz CT molecular complexity index is 525. The van der Waals surface area contributed by atoms with Gasteiger partial charge in [-0.1, -0.05) is 66.2 Å². The predicted molar refractivity (Wildman–Crippen MR) is 120 cm³/mol. The maximum Gasteiger partial charge on any atom is 0.313 e. The van der Waals surface area contributed by atoms with Gasteiger partial charge in [-0.05, 0) is 48.9 Å². The van der Waals surface area contributed by atoms with Crippen LogP contribution in [-0.4, -0.2) is 33.3 Å². The minimum atomic E-state index is -1.87. The number of ether oxygens (including phenoxy) is 1. The number of carbonyl (C=O) groups is 2. The molecule has 0 aromatic carbocycles. The fourth-order valence-electron chi connectivity index (χ4n) is 4.10. The number of carbonyl (C=O) groups excluding carboxylic acids is 2. The molecule has 0 aliphatic carbocycles. The highest BCUT2D eigenvalue weighted by molar-refractivity contribution is 6.77. The van der Waals surface area contributed by atoms with Crippen molar-refractivity contribution in [2.75, 3.05) is 13.2 Å². The van der Waals surface area contributed by atoms with Crippen LogP contribution in [-0.2, 0) is 18.8 Å². The van der Waals surface area contributed by atoms with E-state index >= 15 is 0 Å². The Labute approximate surface area is 173 Å². The molecule has 0 aromatic rings. The fraction of sp³-hybridized carbons (Fsp3) is 0.739. The van der Waals surface area contributed by atoms with E-state index in [0.29, 0.717) is 29.1 Å². The molecular weight excluding hydrogens is 368 g/mol. The first-order valence-corrected chi connectivity index (χ1v) is 12.8. The molecule has 1 atom stereocenters. The van der Waals surface area contributed by atoms with E-state index < -0.39 is 14.3 Å². The third-order valence-corrected chi connectivity index (χ3v) is 11.5. The van der Waals surface area contributed by atoms with E-state index in [0.717, 1.165) is 18.6 Å². The lowest BCUT2D eigenvalue weighted by Gasteiger charge is -2.42. The van der Waals surface area contributed by atoms with Crippen LogP contribution >= 0.6 is 0 Å². The standard InChI is InChI=1S/C23H42O4Si/c1-10-21(16-27-28(17(3)4,18(5)6)19(7)8)14-20(9)12-13-22(24)15-23(25)26-11-2/h12-14,17-19,21H,10-11,15-16H2,1-9H3/b13-12+,20-14+. The fourth-order valence-corrected chi connectivity index (χ4v) is 9.60. The van der Waals surface area contributed by atoms with Crippen molar-refractivity contribution in [1.29, 1.82) is 0 Å². The summed E-state index contributed by atoms with van der Waals surface area (Å²) in [6.07, 6.45) is 6.20. The van der Waals surface area contributed by atoms with Crippen molar-refractivity contribution < 1.29 is 18.8 Å². The van der Waals surface area contributed by atoms with E-state index in [-0.39, 0.29) is 12.2 Å². The van der Waals surface area contributed by atoms with Gasteiger partial charge in [-0.25, -0.2) is 0 Å². The number of hydrogen-bond acceptors (Lipinski definition) is 4. The lowest BCUT2D eigenvalue weighted by Crippen LogP contribution is -2.48. The zero-order chi connectivity index (χ0) is 21.9. The number of allylic oxidation sites excluding steroid dienone is 3. The van der Waals surface area contributed by atoms with Crippen LogP contribution in [0.15, 0.2) is 23.8 Å². The van der Waals surface area contributed by atoms with Crippen LogP contribution in [0.1, 0.15) is 75.2 Å². The minimum Gasteiger partial charge on any atom is -0.466 e. The molecule has 5 heteroatoms. The SMILES string of the molecule is CCOC(=O)CC(=O)/C=C/C(C)=C/C(CC)CO[Si](C(C)C)(C(C)C)C(C)C. The summed E-state index contributed by atoms with van der Waals surface area (Å²) >= 11 is 0. The van der Waals surface area contributed by atoms with Crippen LogP contribution in [0.2, 0.25) is 16.6 Å². The summed E-state index contributed by atoms with van der Waals surface area (Å²) in [6, 6.07) is 0. The molecular formula is C23H42O4Si. The van der Waals surface area contributed by atoms with Gasteiger partial charge in [0.2, 0.25) is 0 Å². The minimum absolute atomic E-state index is 0.205. The summed E-state index contributed by atoms with van der Waals surface area (Å²) < 4.78 is 11.5. The van der Waals surface area contributed by atoms with Gasteiger partial charge in [0, 0.05) is 6.61 Å². The highest BCUT2D eigenvalue weighted by atomic mass is 28.4. The van der Waals surface area contributed by atoms with Crippen molar-refractivity contribution in [3.63, 3.8) is 0 Å². The molecule has 1 unspecified atom stereocenters. The molecule has 0 saturated carbocycles. The molecule has 0 aliphatic rings. The number of rotatable bonds is 13. The molecule has 0 spiro atoms. The van der Waals surface area contributed by atoms with Gasteiger partial charge in [0.25, 0.3) is 0 Å². The van der Waals surface area contributed by atoms with Crippen LogP contribution in [0, 0.1) is 5.92 Å². The van der Waals surface area contributed by atoms with Crippen LogP contribution in [0.3, 0.4) is 0 Å². The molecule has 0 aliphatic heterocycles. The molecule has 0 fully saturated rings. The first kappa shape index (κ1) is 26.8. The van der Waals surface area contributed by atoms with E-state index in [4.69, 9.17) is 9.16 Å². The molecule has 0 radical (unpaired) electrons. The predicted octanol–water partition coefficient (Wildman–Crippen LogP) is 6.23. The zero-order valence-electron chi connectivity index (χ0n) is 19.5. The summed E-state index contributed by atoms with van der Waals surface area (Å²) in [5.41, 5.74) is 2.71. The van der Waals surface area contributed by atoms with Gasteiger partial charge in [-0.3, -0.25) is 9.59 Å². The Morgan fingerprint density at radius 1 is 0.929 bits per heavy atom. The van der Waals surface area contributed by atoms with Gasteiger partial charge >= 0.3 is 5.97 Å². The van der Waals surface area contributed by atoms with Gasteiger partial charge in [-0.2, -0.15) is 0 Å². The smallest absolute Gasteiger partial charge is 0.313 e. The lowest BCUT2D eigenvalue weighted by molar-refractivity contribution is -0.144. The first-order valence-electron chi connectivity index (χ1n) is 10.7. The van der Waals surface area contributed by atoms with Crippen molar-refractivity contribution in [2.45, 2.75) is 91.8 Å². The van der Waals surface area contributed by atoms with E-state index in [1.165, 1.54) is 6.08 Å². The molecule has 0 saturated heterocycles. The molecule has 0 rings (SSSR count). The van der Waals surface area contributed by atoms with Crippen LogP contribution in [0.25, 0.3) is 0 Å². The quantitative estimate of drug-likeness (QED) is 0.119. The van der Waals surface area contributed by atoms with E-state index in [1.54, 1.807) is 13.0 Å². The maximum atomic E-state index is 11.8. The number of hydrogen-bond donors (Lipinski definition) is 0. The Morgan fingerprint density at radius 2 is 1.46 bits per heavy atom. The average Bonchev–Trinajstić information content (AvgIpc) is 2.58. The third-order valence-electron chi connectivity index (χ3n) is 5.43. The van der Waals surface area contributed by atoms with Gasteiger partial charge in [0.05, 0.1) is 6.61 Å². The van der Waals surface area contributed by atoms with E-state index in [2.05, 4.69) is 54.5 Å². The molecule has 0 amide bonds. The summed E-state index contributed by atoms with van der Waals surface area (Å²) in [7, 11) is -1.87. The molecule has 0 heterocycles. The Balaban J connectivity index is 5.05. The zero-order valence-corrected chi connectivity index (χ0v) is 20.5. The molecule has 0 aromatic heterocycles. The Hall–Kier alpha value is -1.20. The second-order valence-electron chi connectivity index (χ2n) is 8.49. The van der Waals surface area contributed by atoms with Gasteiger partial charge < -0.3 is 9.16 Å². The molecule has 0 N–H and O–H groups in total. The van der Waals surface area contributed by atoms with Gasteiger partial charge in [0.1, 0.15) is 6.42 Å². The Kier molecular flexibility index (Phi) is 12.5.